The third-order valence-electron chi connectivity index (χ3n) is 5.63. The summed E-state index contributed by atoms with van der Waals surface area (Å²) < 4.78 is 1.99. The zero-order valence-electron chi connectivity index (χ0n) is 18.4. The van der Waals surface area contributed by atoms with E-state index >= 15 is 0 Å². The van der Waals surface area contributed by atoms with Crippen LogP contribution >= 0.6 is 0 Å². The Bertz CT molecular complexity index is 1000. The summed E-state index contributed by atoms with van der Waals surface area (Å²) in [6.07, 6.45) is 3.46. The van der Waals surface area contributed by atoms with Gasteiger partial charge in [-0.2, -0.15) is 5.26 Å². The summed E-state index contributed by atoms with van der Waals surface area (Å²) in [4.78, 5) is 26.6. The first-order chi connectivity index (χ1) is 13.8. The predicted octanol–water partition coefficient (Wildman–Crippen LogP) is 4.46. The largest absolute Gasteiger partial charge is 0.351 e. The highest BCUT2D eigenvalue weighted by atomic mass is 16.2. The number of hydrogen-bond donors (Lipinski definition) is 1. The molecular formula is C24H31N3O2. The number of benzene rings is 1. The van der Waals surface area contributed by atoms with E-state index in [1.54, 1.807) is 0 Å². The molecule has 0 radical (unpaired) electrons. The highest BCUT2D eigenvalue weighted by Gasteiger charge is 2.23. The number of anilines is 1. The van der Waals surface area contributed by atoms with Gasteiger partial charge in [0.1, 0.15) is 5.56 Å². The Morgan fingerprint density at radius 3 is 2.14 bits per heavy atom. The van der Waals surface area contributed by atoms with Crippen molar-refractivity contribution >= 4 is 11.6 Å². The van der Waals surface area contributed by atoms with Gasteiger partial charge >= 0.3 is 0 Å². The lowest BCUT2D eigenvalue weighted by molar-refractivity contribution is 0.102. The van der Waals surface area contributed by atoms with E-state index in [1.807, 2.05) is 58.4 Å². The lowest BCUT2D eigenvalue weighted by Gasteiger charge is -2.20. The summed E-state index contributed by atoms with van der Waals surface area (Å²) in [6.45, 7) is 9.91. The number of rotatable bonds is 7. The number of pyridine rings is 1. The Balaban J connectivity index is 2.67. The van der Waals surface area contributed by atoms with Crippen LogP contribution in [0.1, 0.15) is 78.1 Å². The molecule has 0 saturated heterocycles. The molecule has 1 amide bonds. The first-order valence-electron chi connectivity index (χ1n) is 10.4. The molecule has 1 N–H and O–H groups in total. The zero-order chi connectivity index (χ0) is 21.7. The van der Waals surface area contributed by atoms with E-state index in [9.17, 15) is 14.9 Å². The van der Waals surface area contributed by atoms with Gasteiger partial charge in [0, 0.05) is 29.7 Å². The number of amides is 1. The summed E-state index contributed by atoms with van der Waals surface area (Å²) in [5, 5.41) is 12.3. The van der Waals surface area contributed by atoms with Crippen LogP contribution in [0.4, 0.5) is 5.69 Å². The maximum atomic E-state index is 13.4. The predicted molar refractivity (Wildman–Crippen MR) is 118 cm³/mol. The summed E-state index contributed by atoms with van der Waals surface area (Å²) in [5.41, 5.74) is 5.57. The minimum Gasteiger partial charge on any atom is -0.351 e. The van der Waals surface area contributed by atoms with E-state index in [-0.39, 0.29) is 16.9 Å². The van der Waals surface area contributed by atoms with Crippen LogP contribution < -0.4 is 10.7 Å². The molecule has 0 aliphatic rings. The van der Waals surface area contributed by atoms with Gasteiger partial charge in [-0.3, -0.25) is 9.59 Å². The average Bonchev–Trinajstić information content (AvgIpc) is 2.72. The minimum atomic E-state index is -0.363. The summed E-state index contributed by atoms with van der Waals surface area (Å²) in [6, 6.07) is 5.81. The van der Waals surface area contributed by atoms with Gasteiger partial charge in [0.25, 0.3) is 5.91 Å². The summed E-state index contributed by atoms with van der Waals surface area (Å²) in [7, 11) is 1.92. The molecule has 1 heterocycles. The minimum absolute atomic E-state index is 0.172. The second kappa shape index (κ2) is 9.56. The standard InChI is InChI=1S/C24H31N3O2/c1-7-11-20-21(23(28)19(10-4)15(5)27(20)6)24(29)26-22-17(8-2)12-16(14-25)13-18(22)9-3/h12-13H,7-11H2,1-6H3,(H,26,29). The maximum Gasteiger partial charge on any atom is 0.261 e. The van der Waals surface area contributed by atoms with Crippen LogP contribution in [-0.4, -0.2) is 10.5 Å². The van der Waals surface area contributed by atoms with Crippen LogP contribution in [0.15, 0.2) is 16.9 Å². The topological polar surface area (TPSA) is 74.9 Å². The zero-order valence-corrected chi connectivity index (χ0v) is 18.4. The molecule has 1 aromatic carbocycles. The molecule has 0 saturated carbocycles. The fraction of sp³-hybridized carbons (Fsp3) is 0.458. The quantitative estimate of drug-likeness (QED) is 0.755. The first-order valence-corrected chi connectivity index (χ1v) is 10.4. The van der Waals surface area contributed by atoms with Crippen molar-refractivity contribution in [3.8, 4) is 6.07 Å². The van der Waals surface area contributed by atoms with Crippen LogP contribution in [0.25, 0.3) is 0 Å². The molecular weight excluding hydrogens is 362 g/mol. The van der Waals surface area contributed by atoms with Crippen molar-refractivity contribution in [3.05, 3.63) is 61.6 Å². The highest BCUT2D eigenvalue weighted by molar-refractivity contribution is 6.06. The van der Waals surface area contributed by atoms with E-state index in [2.05, 4.69) is 11.4 Å². The monoisotopic (exact) mass is 393 g/mol. The van der Waals surface area contributed by atoms with Crippen LogP contribution in [0, 0.1) is 18.3 Å². The van der Waals surface area contributed by atoms with Gasteiger partial charge in [-0.25, -0.2) is 0 Å². The number of aryl methyl sites for hydroxylation is 2. The molecule has 0 bridgehead atoms. The van der Waals surface area contributed by atoms with Crippen LogP contribution in [-0.2, 0) is 32.7 Å². The van der Waals surface area contributed by atoms with Gasteiger partial charge in [0.15, 0.2) is 5.43 Å². The fourth-order valence-corrected chi connectivity index (χ4v) is 3.93. The van der Waals surface area contributed by atoms with Crippen LogP contribution in [0.5, 0.6) is 0 Å². The molecule has 154 valence electrons. The number of nitrogens with zero attached hydrogens (tertiary/aromatic N) is 2. The van der Waals surface area contributed by atoms with Crippen molar-refractivity contribution in [2.75, 3.05) is 5.32 Å². The van der Waals surface area contributed by atoms with E-state index in [0.29, 0.717) is 36.8 Å². The number of carbonyl (C=O) groups excluding carboxylic acids is 1. The van der Waals surface area contributed by atoms with Gasteiger partial charge in [0.05, 0.1) is 11.6 Å². The lowest BCUT2D eigenvalue weighted by Crippen LogP contribution is -2.31. The van der Waals surface area contributed by atoms with Gasteiger partial charge in [-0.1, -0.05) is 34.1 Å². The number of nitrogens with one attached hydrogen (secondary N) is 1. The number of nitriles is 1. The Labute approximate surface area is 173 Å². The Morgan fingerprint density at radius 2 is 1.69 bits per heavy atom. The summed E-state index contributed by atoms with van der Waals surface area (Å²) >= 11 is 0. The van der Waals surface area contributed by atoms with Crippen molar-refractivity contribution < 1.29 is 4.79 Å². The molecule has 0 spiro atoms. The molecule has 0 unspecified atom stereocenters. The Morgan fingerprint density at radius 1 is 1.10 bits per heavy atom. The van der Waals surface area contributed by atoms with E-state index in [0.717, 1.165) is 34.6 Å². The van der Waals surface area contributed by atoms with Crippen molar-refractivity contribution in [2.45, 2.75) is 66.7 Å². The van der Waals surface area contributed by atoms with Gasteiger partial charge < -0.3 is 9.88 Å². The first kappa shape index (κ1) is 22.4. The smallest absolute Gasteiger partial charge is 0.261 e. The molecule has 29 heavy (non-hydrogen) atoms. The number of aromatic nitrogens is 1. The lowest BCUT2D eigenvalue weighted by atomic mass is 9.98. The molecule has 5 heteroatoms. The van der Waals surface area contributed by atoms with E-state index in [4.69, 9.17) is 0 Å². The number of hydrogen-bond acceptors (Lipinski definition) is 3. The van der Waals surface area contributed by atoms with E-state index in [1.165, 1.54) is 0 Å². The summed E-state index contributed by atoms with van der Waals surface area (Å²) in [5.74, 6) is -0.363. The second-order valence-electron chi connectivity index (χ2n) is 7.32. The molecule has 0 fully saturated rings. The van der Waals surface area contributed by atoms with E-state index < -0.39 is 0 Å². The molecule has 2 rings (SSSR count). The van der Waals surface area contributed by atoms with Gasteiger partial charge in [-0.15, -0.1) is 0 Å². The van der Waals surface area contributed by atoms with Crippen molar-refractivity contribution in [2.24, 2.45) is 7.05 Å². The molecule has 5 nitrogen and oxygen atoms in total. The SMILES string of the molecule is CCCc1c(C(=O)Nc2c(CC)cc(C#N)cc2CC)c(=O)c(CC)c(C)n1C. The third-order valence-corrected chi connectivity index (χ3v) is 5.63. The fourth-order valence-electron chi connectivity index (χ4n) is 3.93. The molecule has 0 aliphatic carbocycles. The second-order valence-corrected chi connectivity index (χ2v) is 7.32. The Kier molecular flexibility index (Phi) is 7.39. The molecule has 1 aromatic heterocycles. The maximum absolute atomic E-state index is 13.4. The third kappa shape index (κ3) is 4.27. The van der Waals surface area contributed by atoms with Crippen molar-refractivity contribution in [1.82, 2.24) is 4.57 Å². The van der Waals surface area contributed by atoms with Gasteiger partial charge in [0.2, 0.25) is 0 Å². The molecule has 0 aliphatic heterocycles. The van der Waals surface area contributed by atoms with Crippen molar-refractivity contribution in [1.29, 1.82) is 5.26 Å². The van der Waals surface area contributed by atoms with Crippen molar-refractivity contribution in [3.63, 3.8) is 0 Å². The Hall–Kier alpha value is -2.87. The molecule has 0 atom stereocenters. The highest BCUT2D eigenvalue weighted by Crippen LogP contribution is 2.26. The number of carbonyl (C=O) groups is 1. The average molecular weight is 394 g/mol. The van der Waals surface area contributed by atoms with Crippen LogP contribution in [0.3, 0.4) is 0 Å². The van der Waals surface area contributed by atoms with Crippen LogP contribution in [0.2, 0.25) is 0 Å². The molecule has 2 aromatic rings. The van der Waals surface area contributed by atoms with Gasteiger partial charge in [-0.05, 0) is 55.9 Å². The normalized spacial score (nSPS) is 10.7.